The monoisotopic (exact) mass is 215 g/mol. The van der Waals surface area contributed by atoms with E-state index in [-0.39, 0.29) is 12.4 Å². The fourth-order valence-electron chi connectivity index (χ4n) is 1.75. The number of oxime groups is 1. The normalized spacial score (nSPS) is 30.8. The Morgan fingerprint density at radius 2 is 2.29 bits per heavy atom. The third-order valence-corrected chi connectivity index (χ3v) is 2.63. The van der Waals surface area contributed by atoms with Crippen molar-refractivity contribution in [3.63, 3.8) is 0 Å². The van der Waals surface area contributed by atoms with Gasteiger partial charge in [-0.15, -0.1) is 6.42 Å². The quantitative estimate of drug-likeness (QED) is 0.318. The molecule has 80 valence electrons. The van der Waals surface area contributed by atoms with Crippen molar-refractivity contribution in [3.8, 4) is 12.3 Å². The molecule has 14 heavy (non-hydrogen) atoms. The molecule has 2 atom stereocenters. The van der Waals surface area contributed by atoms with Crippen LogP contribution >= 0.6 is 0 Å². The zero-order chi connectivity index (χ0) is 9.84. The van der Waals surface area contributed by atoms with Gasteiger partial charge in [-0.3, -0.25) is 4.90 Å². The molecule has 1 aliphatic heterocycles. The average Bonchev–Trinajstić information content (AvgIpc) is 2.11. The molecular formula is C10H16ClN2O-. The molecule has 0 amide bonds. The smallest absolute Gasteiger partial charge is 0.0627 e. The number of piperidine rings is 1. The summed E-state index contributed by atoms with van der Waals surface area (Å²) in [7, 11) is 0. The van der Waals surface area contributed by atoms with Gasteiger partial charge in [0.2, 0.25) is 0 Å². The first-order valence-electron chi connectivity index (χ1n) is 4.57. The van der Waals surface area contributed by atoms with E-state index in [0.29, 0.717) is 18.5 Å². The van der Waals surface area contributed by atoms with Crippen LogP contribution in [0.15, 0.2) is 5.16 Å². The topological polar surface area (TPSA) is 35.8 Å². The Morgan fingerprint density at radius 3 is 2.79 bits per heavy atom. The molecule has 4 heteroatoms. The molecule has 0 radical (unpaired) electrons. The molecule has 0 bridgehead atoms. The van der Waals surface area contributed by atoms with E-state index < -0.39 is 0 Å². The lowest BCUT2D eigenvalue weighted by Crippen LogP contribution is -3.00. The Hall–Kier alpha value is -0.720. The van der Waals surface area contributed by atoms with E-state index in [9.17, 15) is 0 Å². The van der Waals surface area contributed by atoms with Crippen LogP contribution in [-0.2, 0) is 0 Å². The molecule has 1 fully saturated rings. The number of likely N-dealkylation sites (tertiary alicyclic amines) is 1. The van der Waals surface area contributed by atoms with Gasteiger partial charge in [-0.05, 0) is 6.92 Å². The Morgan fingerprint density at radius 1 is 1.64 bits per heavy atom. The third kappa shape index (κ3) is 2.90. The Kier molecular flexibility index (Phi) is 5.59. The van der Waals surface area contributed by atoms with Crippen LogP contribution in [0.1, 0.15) is 20.3 Å². The van der Waals surface area contributed by atoms with Gasteiger partial charge in [0.1, 0.15) is 0 Å². The summed E-state index contributed by atoms with van der Waals surface area (Å²) in [6, 6.07) is 0.387. The van der Waals surface area contributed by atoms with E-state index in [1.807, 2.05) is 0 Å². The van der Waals surface area contributed by atoms with E-state index in [0.717, 1.165) is 18.7 Å². The van der Waals surface area contributed by atoms with Crippen molar-refractivity contribution in [3.05, 3.63) is 0 Å². The van der Waals surface area contributed by atoms with Crippen molar-refractivity contribution in [2.45, 2.75) is 26.3 Å². The van der Waals surface area contributed by atoms with E-state index in [1.54, 1.807) is 0 Å². The predicted molar refractivity (Wildman–Crippen MR) is 52.9 cm³/mol. The minimum absolute atomic E-state index is 0. The highest BCUT2D eigenvalue weighted by Gasteiger charge is 2.27. The maximum absolute atomic E-state index is 8.72. The Balaban J connectivity index is 0.00000169. The number of nitrogens with zero attached hydrogens (tertiary/aromatic N) is 2. The van der Waals surface area contributed by atoms with Crippen LogP contribution in [0.2, 0.25) is 0 Å². The first-order valence-corrected chi connectivity index (χ1v) is 4.57. The molecule has 1 aliphatic rings. The molecule has 0 saturated carbocycles. The molecule has 1 N–H and O–H groups in total. The second kappa shape index (κ2) is 5.90. The summed E-state index contributed by atoms with van der Waals surface area (Å²) in [6.45, 7) is 5.74. The standard InChI is InChI=1S/C10H16N2O.ClH/c1-4-5-12-7-8(2)10(11-13)6-9(12)3;/h1,8-9,13H,5-7H2,2-3H3;1H/p-1. The lowest BCUT2D eigenvalue weighted by Gasteiger charge is -2.35. The molecule has 1 rings (SSSR count). The maximum Gasteiger partial charge on any atom is 0.0627 e. The zero-order valence-electron chi connectivity index (χ0n) is 8.57. The SMILES string of the molecule is C#CCN1CC(C)C(=NO)CC1C.[Cl-]. The lowest BCUT2D eigenvalue weighted by molar-refractivity contribution is -0.00000375. The summed E-state index contributed by atoms with van der Waals surface area (Å²) < 4.78 is 0. The number of hydrogen-bond acceptors (Lipinski definition) is 3. The molecule has 1 heterocycles. The number of halogens is 1. The molecular weight excluding hydrogens is 200 g/mol. The zero-order valence-corrected chi connectivity index (χ0v) is 9.33. The highest BCUT2D eigenvalue weighted by molar-refractivity contribution is 5.87. The van der Waals surface area contributed by atoms with E-state index in [1.165, 1.54) is 0 Å². The van der Waals surface area contributed by atoms with Gasteiger partial charge in [-0.2, -0.15) is 0 Å². The van der Waals surface area contributed by atoms with Gasteiger partial charge >= 0.3 is 0 Å². The number of rotatable bonds is 1. The van der Waals surface area contributed by atoms with E-state index in [4.69, 9.17) is 11.6 Å². The van der Waals surface area contributed by atoms with Crippen LogP contribution in [0, 0.1) is 18.3 Å². The van der Waals surface area contributed by atoms with Crippen LogP contribution in [0.3, 0.4) is 0 Å². The first kappa shape index (κ1) is 13.3. The summed E-state index contributed by atoms with van der Waals surface area (Å²) in [6.07, 6.45) is 6.08. The second-order valence-electron chi connectivity index (χ2n) is 3.68. The fourth-order valence-corrected chi connectivity index (χ4v) is 1.75. The van der Waals surface area contributed by atoms with Crippen molar-refractivity contribution >= 4 is 5.71 Å². The van der Waals surface area contributed by atoms with Crippen LogP contribution < -0.4 is 12.4 Å². The summed E-state index contributed by atoms with van der Waals surface area (Å²) in [5, 5.41) is 12.0. The third-order valence-electron chi connectivity index (χ3n) is 2.63. The molecule has 2 unspecified atom stereocenters. The summed E-state index contributed by atoms with van der Waals surface area (Å²) in [5.74, 6) is 2.96. The molecule has 0 aliphatic carbocycles. The van der Waals surface area contributed by atoms with Crippen LogP contribution in [0.25, 0.3) is 0 Å². The second-order valence-corrected chi connectivity index (χ2v) is 3.68. The molecule has 0 aromatic rings. The lowest BCUT2D eigenvalue weighted by atomic mass is 9.93. The summed E-state index contributed by atoms with van der Waals surface area (Å²) >= 11 is 0. The van der Waals surface area contributed by atoms with Crippen LogP contribution in [-0.4, -0.2) is 35.0 Å². The van der Waals surface area contributed by atoms with E-state index >= 15 is 0 Å². The van der Waals surface area contributed by atoms with Crippen LogP contribution in [0.4, 0.5) is 0 Å². The van der Waals surface area contributed by atoms with Gasteiger partial charge in [0.15, 0.2) is 0 Å². The average molecular weight is 216 g/mol. The van der Waals surface area contributed by atoms with Gasteiger partial charge in [-0.1, -0.05) is 18.0 Å². The number of hydrogen-bond donors (Lipinski definition) is 1. The predicted octanol–water partition coefficient (Wildman–Crippen LogP) is -1.82. The van der Waals surface area contributed by atoms with Gasteiger partial charge in [0.05, 0.1) is 12.3 Å². The highest BCUT2D eigenvalue weighted by atomic mass is 35.5. The summed E-state index contributed by atoms with van der Waals surface area (Å²) in [5.41, 5.74) is 0.890. The molecule has 3 nitrogen and oxygen atoms in total. The van der Waals surface area contributed by atoms with Crippen molar-refractivity contribution in [1.29, 1.82) is 0 Å². The Bertz CT molecular complexity index is 247. The van der Waals surface area contributed by atoms with Crippen molar-refractivity contribution in [2.24, 2.45) is 11.1 Å². The number of terminal acetylenes is 1. The minimum Gasteiger partial charge on any atom is -1.00 e. The van der Waals surface area contributed by atoms with Crippen molar-refractivity contribution in [2.75, 3.05) is 13.1 Å². The van der Waals surface area contributed by atoms with Crippen molar-refractivity contribution in [1.82, 2.24) is 4.90 Å². The molecule has 0 aromatic heterocycles. The minimum atomic E-state index is 0. The van der Waals surface area contributed by atoms with E-state index in [2.05, 4.69) is 29.8 Å². The molecule has 0 aromatic carbocycles. The maximum atomic E-state index is 8.72. The van der Waals surface area contributed by atoms with Gasteiger partial charge in [-0.25, -0.2) is 0 Å². The molecule has 0 spiro atoms. The fraction of sp³-hybridized carbons (Fsp3) is 0.700. The summed E-state index contributed by atoms with van der Waals surface area (Å²) in [4.78, 5) is 2.24. The largest absolute Gasteiger partial charge is 1.00 e. The highest BCUT2D eigenvalue weighted by Crippen LogP contribution is 2.18. The van der Waals surface area contributed by atoms with Gasteiger partial charge in [0, 0.05) is 24.9 Å². The molecule has 1 saturated heterocycles. The first-order chi connectivity index (χ1) is 6.19. The van der Waals surface area contributed by atoms with Gasteiger partial charge < -0.3 is 17.6 Å². The van der Waals surface area contributed by atoms with Crippen molar-refractivity contribution < 1.29 is 17.6 Å². The van der Waals surface area contributed by atoms with Crippen LogP contribution in [0.5, 0.6) is 0 Å². The Labute approximate surface area is 91.6 Å². The van der Waals surface area contributed by atoms with Gasteiger partial charge in [0.25, 0.3) is 0 Å².